The van der Waals surface area contributed by atoms with Gasteiger partial charge in [0, 0.05) is 36.6 Å². The number of rotatable bonds is 11. The molecule has 10 nitrogen and oxygen atoms in total. The summed E-state index contributed by atoms with van der Waals surface area (Å²) >= 11 is 0. The maximum atomic E-state index is 11.6. The summed E-state index contributed by atoms with van der Waals surface area (Å²) in [5.74, 6) is 1.78. The third-order valence-corrected chi connectivity index (χ3v) is 8.91. The number of aromatic hydroxyl groups is 2. The largest absolute Gasteiger partial charge is 0.508 e. The fourth-order valence-corrected chi connectivity index (χ4v) is 6.86. The van der Waals surface area contributed by atoms with Crippen molar-refractivity contribution in [2.45, 2.75) is 50.2 Å². The molecule has 3 aromatic carbocycles. The van der Waals surface area contributed by atoms with Crippen molar-refractivity contribution in [3.05, 3.63) is 76.6 Å². The molecule has 7 N–H and O–H groups in total. The van der Waals surface area contributed by atoms with Gasteiger partial charge in [0.2, 0.25) is 0 Å². The molecule has 0 radical (unpaired) electrons. The molecule has 0 bridgehead atoms. The lowest BCUT2D eigenvalue weighted by atomic mass is 9.73. The summed E-state index contributed by atoms with van der Waals surface area (Å²) in [5.41, 5.74) is 6.20. The van der Waals surface area contributed by atoms with Crippen LogP contribution in [0.4, 0.5) is 0 Å². The van der Waals surface area contributed by atoms with Crippen LogP contribution in [0.15, 0.2) is 48.8 Å². The molecule has 1 aliphatic carbocycles. The van der Waals surface area contributed by atoms with Crippen LogP contribution < -0.4 is 24.4 Å². The van der Waals surface area contributed by atoms with Crippen molar-refractivity contribution in [2.24, 2.45) is 0 Å². The van der Waals surface area contributed by atoms with Crippen LogP contribution in [0.3, 0.4) is 0 Å². The van der Waals surface area contributed by atoms with Gasteiger partial charge in [0.05, 0.1) is 32.6 Å². The fraction of sp³-hybridized carbons (Fsp3) is 0.412. The lowest BCUT2D eigenvalue weighted by Crippen LogP contribution is -3.07. The summed E-state index contributed by atoms with van der Waals surface area (Å²) in [5, 5.41) is 54.9. The van der Waals surface area contributed by atoms with E-state index in [1.807, 2.05) is 24.4 Å². The second kappa shape index (κ2) is 13.0. The third kappa shape index (κ3) is 5.78. The van der Waals surface area contributed by atoms with Crippen molar-refractivity contribution in [3.8, 4) is 39.9 Å². The predicted molar refractivity (Wildman–Crippen MR) is 163 cm³/mol. The predicted octanol–water partition coefficient (Wildman–Crippen LogP) is 2.05. The van der Waals surface area contributed by atoms with Gasteiger partial charge in [-0.25, -0.2) is 0 Å². The van der Waals surface area contributed by atoms with E-state index in [-0.39, 0.29) is 43.0 Å². The first-order chi connectivity index (χ1) is 21.4. The number of phenolic OH excluding ortho intramolecular Hbond substituents is 2. The Bertz CT molecular complexity index is 1540. The molecule has 3 aromatic rings. The zero-order chi connectivity index (χ0) is 30.8. The third-order valence-electron chi connectivity index (χ3n) is 8.91. The Kier molecular flexibility index (Phi) is 8.86. The van der Waals surface area contributed by atoms with E-state index >= 15 is 0 Å². The summed E-state index contributed by atoms with van der Waals surface area (Å²) in [6.45, 7) is 1.66. The van der Waals surface area contributed by atoms with Crippen molar-refractivity contribution in [2.75, 3.05) is 40.1 Å². The quantitative estimate of drug-likeness (QED) is 0.175. The summed E-state index contributed by atoms with van der Waals surface area (Å²) in [4.78, 5) is 1.32. The van der Waals surface area contributed by atoms with Crippen molar-refractivity contribution < 1.29 is 44.6 Å². The van der Waals surface area contributed by atoms with Crippen molar-refractivity contribution in [1.29, 1.82) is 0 Å². The number of benzene rings is 3. The minimum Gasteiger partial charge on any atom is -0.508 e. The standard InChI is InChI=1S/C34H40N2O8/c1-42-30-16-23(14-21(33(30)41)3-2-10-37)34-27(40)17-26-28(44-34)18-29(43-12-11-38)32-25-5-4-24(39)15-22(25)13-20(31(26)32)6-8-36-9-7-35-19-36/h4-5,7,9,14-16,18,20,27,34-35,37-41H,2-3,6,8,10-13,17,19H2,1H3/p+1/t20-,27+,34+/m0/s1. The lowest BCUT2D eigenvalue weighted by molar-refractivity contribution is -0.843. The van der Waals surface area contributed by atoms with Crippen LogP contribution >= 0.6 is 0 Å². The molecule has 0 amide bonds. The van der Waals surface area contributed by atoms with Gasteiger partial charge >= 0.3 is 0 Å². The van der Waals surface area contributed by atoms with Crippen molar-refractivity contribution in [3.63, 3.8) is 0 Å². The van der Waals surface area contributed by atoms with Crippen LogP contribution in [0.5, 0.6) is 28.7 Å². The molecule has 0 saturated heterocycles. The summed E-state index contributed by atoms with van der Waals surface area (Å²) in [6.07, 6.45) is 5.33. The van der Waals surface area contributed by atoms with E-state index in [1.165, 1.54) is 12.0 Å². The van der Waals surface area contributed by atoms with Gasteiger partial charge in [-0.2, -0.15) is 0 Å². The Hall–Kier alpha value is -3.96. The maximum Gasteiger partial charge on any atom is 0.161 e. The average Bonchev–Trinajstić information content (AvgIpc) is 3.55. The second-order valence-corrected chi connectivity index (χ2v) is 11.7. The van der Waals surface area contributed by atoms with Crippen LogP contribution in [-0.2, 0) is 19.3 Å². The number of ether oxygens (including phenoxy) is 3. The van der Waals surface area contributed by atoms with E-state index in [4.69, 9.17) is 14.2 Å². The maximum absolute atomic E-state index is 11.6. The highest BCUT2D eigenvalue weighted by Gasteiger charge is 2.39. The second-order valence-electron chi connectivity index (χ2n) is 11.7. The van der Waals surface area contributed by atoms with E-state index in [0.29, 0.717) is 41.9 Å². The first kappa shape index (κ1) is 30.1. The number of fused-ring (bicyclic) bond motifs is 5. The molecule has 4 atom stereocenters. The molecule has 1 unspecified atom stereocenters. The van der Waals surface area contributed by atoms with Crippen LogP contribution in [0.25, 0.3) is 11.1 Å². The summed E-state index contributed by atoms with van der Waals surface area (Å²) in [6, 6.07) is 10.7. The summed E-state index contributed by atoms with van der Waals surface area (Å²) in [7, 11) is 1.48. The number of methoxy groups -OCH3 is 1. The van der Waals surface area contributed by atoms with Crippen molar-refractivity contribution >= 4 is 0 Å². The minimum absolute atomic E-state index is 0.0143. The highest BCUT2D eigenvalue weighted by Crippen LogP contribution is 2.53. The Labute approximate surface area is 256 Å². The molecule has 10 heteroatoms. The Morgan fingerprint density at radius 1 is 1.05 bits per heavy atom. The van der Waals surface area contributed by atoms with Gasteiger partial charge in [0.15, 0.2) is 18.2 Å². The van der Waals surface area contributed by atoms with Gasteiger partial charge in [-0.1, -0.05) is 6.07 Å². The van der Waals surface area contributed by atoms with Crippen LogP contribution in [0, 0.1) is 0 Å². The average molecular weight is 606 g/mol. The highest BCUT2D eigenvalue weighted by molar-refractivity contribution is 5.83. The Morgan fingerprint density at radius 2 is 1.91 bits per heavy atom. The van der Waals surface area contributed by atoms with E-state index < -0.39 is 12.2 Å². The van der Waals surface area contributed by atoms with E-state index in [2.05, 4.69) is 11.5 Å². The Morgan fingerprint density at radius 3 is 2.66 bits per heavy atom. The monoisotopic (exact) mass is 605 g/mol. The zero-order valence-corrected chi connectivity index (χ0v) is 24.9. The smallest absolute Gasteiger partial charge is 0.161 e. The first-order valence-electron chi connectivity index (χ1n) is 15.3. The topological polar surface area (TPSA) is 145 Å². The molecule has 0 aromatic heterocycles. The number of hydrogen-bond donors (Lipinski definition) is 7. The van der Waals surface area contributed by atoms with Gasteiger partial charge in [0.25, 0.3) is 0 Å². The van der Waals surface area contributed by atoms with Gasteiger partial charge in [-0.3, -0.25) is 4.90 Å². The molecule has 0 fully saturated rings. The van der Waals surface area contributed by atoms with Crippen LogP contribution in [-0.4, -0.2) is 71.8 Å². The number of aryl methyl sites for hydroxylation is 1. The van der Waals surface area contributed by atoms with Gasteiger partial charge in [-0.05, 0) is 77.3 Å². The number of hydrogen-bond acceptors (Lipinski definition) is 9. The van der Waals surface area contributed by atoms with Crippen molar-refractivity contribution in [1.82, 2.24) is 5.32 Å². The van der Waals surface area contributed by atoms with E-state index in [0.717, 1.165) is 53.9 Å². The molecule has 234 valence electrons. The number of nitrogens with one attached hydrogen (secondary N) is 2. The first-order valence-corrected chi connectivity index (χ1v) is 15.3. The molecule has 2 heterocycles. The molecular formula is C34H41N2O8+. The molecular weight excluding hydrogens is 564 g/mol. The van der Waals surface area contributed by atoms with E-state index in [1.54, 1.807) is 18.2 Å². The summed E-state index contributed by atoms with van der Waals surface area (Å²) < 4.78 is 18.2. The van der Waals surface area contributed by atoms with Crippen LogP contribution in [0.2, 0.25) is 0 Å². The number of quaternary nitrogens is 1. The number of aliphatic hydroxyl groups excluding tert-OH is 3. The molecule has 3 aliphatic rings. The minimum atomic E-state index is -0.881. The molecule has 6 rings (SSSR count). The normalized spacial score (nSPS) is 21.5. The van der Waals surface area contributed by atoms with E-state index in [9.17, 15) is 25.5 Å². The van der Waals surface area contributed by atoms with Gasteiger partial charge in [-0.15, -0.1) is 0 Å². The molecule has 44 heavy (non-hydrogen) atoms. The number of phenols is 2. The fourth-order valence-electron chi connectivity index (χ4n) is 6.86. The van der Waals surface area contributed by atoms with Crippen LogP contribution in [0.1, 0.15) is 52.7 Å². The Balaban J connectivity index is 1.45. The zero-order valence-electron chi connectivity index (χ0n) is 24.9. The number of aliphatic hydroxyl groups is 3. The molecule has 2 aliphatic heterocycles. The lowest BCUT2D eigenvalue weighted by Gasteiger charge is -2.38. The van der Waals surface area contributed by atoms with Gasteiger partial charge < -0.3 is 45.1 Å². The van der Waals surface area contributed by atoms with Gasteiger partial charge in [0.1, 0.15) is 36.2 Å². The SMILES string of the molecule is COc1cc([C@H]2Oc3cc(OCCO)c4c(c3C[C@H]2O)[C@@H](CC[NH+]2C=CNC2)Cc2cc(O)ccc2-4)cc(CCCO)c1O. The molecule has 0 saturated carbocycles. The molecule has 0 spiro atoms. The highest BCUT2D eigenvalue weighted by atomic mass is 16.5.